The van der Waals surface area contributed by atoms with Gasteiger partial charge in [-0.15, -0.1) is 0 Å². The third kappa shape index (κ3) is 3.37. The molecular weight excluding hydrogens is 206 g/mol. The molecule has 0 aromatic heterocycles. The molecule has 0 aromatic rings. The molecule has 1 amide bonds. The van der Waals surface area contributed by atoms with E-state index in [-0.39, 0.29) is 12.1 Å². The normalized spacial score (nSPS) is 23.3. The highest BCUT2D eigenvalue weighted by atomic mass is 16.6. The molecule has 1 N–H and O–H groups in total. The molecule has 4 nitrogen and oxygen atoms in total. The van der Waals surface area contributed by atoms with Crippen molar-refractivity contribution in [3.05, 3.63) is 0 Å². The average molecular weight is 229 g/mol. The maximum absolute atomic E-state index is 11.9. The van der Waals surface area contributed by atoms with Crippen molar-refractivity contribution in [1.29, 1.82) is 0 Å². The van der Waals surface area contributed by atoms with Crippen LogP contribution in [0.3, 0.4) is 0 Å². The number of nitrogens with zero attached hydrogens (tertiary/aromatic N) is 1. The fraction of sp³-hybridized carbons (Fsp3) is 0.917. The molecule has 2 atom stereocenters. The SMILES string of the molecule is CC[C@@H](O)[C@H]1CCCN1C(=O)OC(C)(C)C. The molecule has 0 radical (unpaired) electrons. The first-order valence-electron chi connectivity index (χ1n) is 6.03. The van der Waals surface area contributed by atoms with E-state index in [1.165, 1.54) is 0 Å². The number of rotatable bonds is 2. The lowest BCUT2D eigenvalue weighted by Crippen LogP contribution is -2.44. The zero-order valence-electron chi connectivity index (χ0n) is 10.7. The topological polar surface area (TPSA) is 49.8 Å². The zero-order chi connectivity index (χ0) is 12.3. The highest BCUT2D eigenvalue weighted by molar-refractivity contribution is 5.69. The van der Waals surface area contributed by atoms with E-state index in [2.05, 4.69) is 0 Å². The third-order valence-corrected chi connectivity index (χ3v) is 2.79. The van der Waals surface area contributed by atoms with E-state index in [0.717, 1.165) is 12.8 Å². The van der Waals surface area contributed by atoms with Crippen molar-refractivity contribution >= 4 is 6.09 Å². The molecule has 1 aliphatic rings. The number of amides is 1. The lowest BCUT2D eigenvalue weighted by Gasteiger charge is -2.30. The molecule has 16 heavy (non-hydrogen) atoms. The van der Waals surface area contributed by atoms with Gasteiger partial charge in [0.25, 0.3) is 0 Å². The Balaban J connectivity index is 2.61. The molecule has 94 valence electrons. The van der Waals surface area contributed by atoms with Crippen molar-refractivity contribution < 1.29 is 14.6 Å². The van der Waals surface area contributed by atoms with Crippen LogP contribution in [-0.4, -0.2) is 40.4 Å². The molecule has 1 rings (SSSR count). The van der Waals surface area contributed by atoms with Gasteiger partial charge in [-0.2, -0.15) is 0 Å². The maximum atomic E-state index is 11.9. The van der Waals surface area contributed by atoms with Gasteiger partial charge in [0.1, 0.15) is 5.60 Å². The van der Waals surface area contributed by atoms with Gasteiger partial charge in [0.15, 0.2) is 0 Å². The van der Waals surface area contributed by atoms with Crippen LogP contribution in [-0.2, 0) is 4.74 Å². The van der Waals surface area contributed by atoms with Gasteiger partial charge in [-0.3, -0.25) is 0 Å². The highest BCUT2D eigenvalue weighted by Gasteiger charge is 2.35. The van der Waals surface area contributed by atoms with Gasteiger partial charge < -0.3 is 14.7 Å². The monoisotopic (exact) mass is 229 g/mol. The maximum Gasteiger partial charge on any atom is 0.410 e. The van der Waals surface area contributed by atoms with Gasteiger partial charge in [-0.25, -0.2) is 4.79 Å². The first kappa shape index (κ1) is 13.3. The Morgan fingerprint density at radius 3 is 2.69 bits per heavy atom. The molecule has 0 aliphatic carbocycles. The van der Waals surface area contributed by atoms with Gasteiger partial charge in [0.05, 0.1) is 12.1 Å². The fourth-order valence-corrected chi connectivity index (χ4v) is 2.01. The molecule has 1 saturated heterocycles. The Morgan fingerprint density at radius 2 is 2.19 bits per heavy atom. The molecule has 0 spiro atoms. The van der Waals surface area contributed by atoms with Crippen molar-refractivity contribution in [3.63, 3.8) is 0 Å². The average Bonchev–Trinajstić information content (AvgIpc) is 2.62. The predicted octanol–water partition coefficient (Wildman–Crippen LogP) is 2.16. The van der Waals surface area contributed by atoms with Gasteiger partial charge in [0, 0.05) is 6.54 Å². The lowest BCUT2D eigenvalue weighted by molar-refractivity contribution is 0.00475. The quantitative estimate of drug-likeness (QED) is 0.789. The van der Waals surface area contributed by atoms with Gasteiger partial charge >= 0.3 is 6.09 Å². The number of carbonyl (C=O) groups is 1. The van der Waals surface area contributed by atoms with E-state index in [9.17, 15) is 9.90 Å². The molecule has 4 heteroatoms. The Labute approximate surface area is 97.6 Å². The van der Waals surface area contributed by atoms with E-state index in [1.54, 1.807) is 4.90 Å². The van der Waals surface area contributed by atoms with Gasteiger partial charge in [-0.05, 0) is 40.0 Å². The first-order valence-corrected chi connectivity index (χ1v) is 6.03. The summed E-state index contributed by atoms with van der Waals surface area (Å²) in [4.78, 5) is 13.6. The smallest absolute Gasteiger partial charge is 0.410 e. The number of carbonyl (C=O) groups excluding carboxylic acids is 1. The van der Waals surface area contributed by atoms with E-state index < -0.39 is 11.7 Å². The summed E-state index contributed by atoms with van der Waals surface area (Å²) in [6.45, 7) is 8.18. The zero-order valence-corrected chi connectivity index (χ0v) is 10.7. The fourth-order valence-electron chi connectivity index (χ4n) is 2.01. The minimum Gasteiger partial charge on any atom is -0.444 e. The Morgan fingerprint density at radius 1 is 1.56 bits per heavy atom. The van der Waals surface area contributed by atoms with E-state index in [0.29, 0.717) is 13.0 Å². The summed E-state index contributed by atoms with van der Waals surface area (Å²) in [5.74, 6) is 0. The Bertz CT molecular complexity index is 247. The van der Waals surface area contributed by atoms with Crippen LogP contribution >= 0.6 is 0 Å². The largest absolute Gasteiger partial charge is 0.444 e. The van der Waals surface area contributed by atoms with Crippen molar-refractivity contribution in [2.75, 3.05) is 6.54 Å². The predicted molar refractivity (Wildman–Crippen MR) is 62.3 cm³/mol. The number of likely N-dealkylation sites (tertiary alicyclic amines) is 1. The standard InChI is InChI=1S/C12H23NO3/c1-5-10(14)9-7-6-8-13(9)11(15)16-12(2,3)4/h9-10,14H,5-8H2,1-4H3/t9-,10-/m1/s1. The second-order valence-corrected chi connectivity index (χ2v) is 5.36. The van der Waals surface area contributed by atoms with Crippen LogP contribution in [0.1, 0.15) is 47.0 Å². The molecule has 0 saturated carbocycles. The van der Waals surface area contributed by atoms with E-state index in [1.807, 2.05) is 27.7 Å². The van der Waals surface area contributed by atoms with Crippen molar-refractivity contribution in [1.82, 2.24) is 4.90 Å². The van der Waals surface area contributed by atoms with Crippen molar-refractivity contribution in [2.24, 2.45) is 0 Å². The molecule has 1 fully saturated rings. The molecule has 0 unspecified atom stereocenters. The molecule has 0 bridgehead atoms. The van der Waals surface area contributed by atoms with Crippen LogP contribution < -0.4 is 0 Å². The summed E-state index contributed by atoms with van der Waals surface area (Å²) in [5.41, 5.74) is -0.471. The summed E-state index contributed by atoms with van der Waals surface area (Å²) >= 11 is 0. The van der Waals surface area contributed by atoms with Crippen molar-refractivity contribution in [2.45, 2.75) is 64.7 Å². The third-order valence-electron chi connectivity index (χ3n) is 2.79. The van der Waals surface area contributed by atoms with Crippen LogP contribution in [0.15, 0.2) is 0 Å². The van der Waals surface area contributed by atoms with Crippen LogP contribution in [0.25, 0.3) is 0 Å². The van der Waals surface area contributed by atoms with Crippen LogP contribution in [0, 0.1) is 0 Å². The summed E-state index contributed by atoms with van der Waals surface area (Å²) < 4.78 is 5.32. The number of aliphatic hydroxyl groups is 1. The molecular formula is C12H23NO3. The molecule has 1 aliphatic heterocycles. The number of ether oxygens (including phenoxy) is 1. The van der Waals surface area contributed by atoms with Crippen LogP contribution in [0.5, 0.6) is 0 Å². The summed E-state index contributed by atoms with van der Waals surface area (Å²) in [6, 6.07) is -0.0696. The number of aliphatic hydroxyl groups excluding tert-OH is 1. The van der Waals surface area contributed by atoms with Gasteiger partial charge in [-0.1, -0.05) is 6.92 Å². The Kier molecular flexibility index (Phi) is 4.19. The second kappa shape index (κ2) is 5.04. The minimum atomic E-state index is -0.471. The number of hydrogen-bond acceptors (Lipinski definition) is 3. The highest BCUT2D eigenvalue weighted by Crippen LogP contribution is 2.24. The summed E-state index contributed by atoms with van der Waals surface area (Å²) in [5, 5.41) is 9.83. The van der Waals surface area contributed by atoms with E-state index >= 15 is 0 Å². The van der Waals surface area contributed by atoms with Crippen molar-refractivity contribution in [3.8, 4) is 0 Å². The lowest BCUT2D eigenvalue weighted by atomic mass is 10.1. The first-order chi connectivity index (χ1) is 7.35. The second-order valence-electron chi connectivity index (χ2n) is 5.36. The number of hydrogen-bond donors (Lipinski definition) is 1. The van der Waals surface area contributed by atoms with Crippen LogP contribution in [0.4, 0.5) is 4.79 Å². The Hall–Kier alpha value is -0.770. The summed E-state index contributed by atoms with van der Waals surface area (Å²) in [6.07, 6.45) is 1.75. The van der Waals surface area contributed by atoms with Crippen LogP contribution in [0.2, 0.25) is 0 Å². The molecule has 0 aromatic carbocycles. The molecule has 1 heterocycles. The minimum absolute atomic E-state index is 0.0696. The van der Waals surface area contributed by atoms with Gasteiger partial charge in [0.2, 0.25) is 0 Å². The van der Waals surface area contributed by atoms with E-state index in [4.69, 9.17) is 4.74 Å². The summed E-state index contributed by atoms with van der Waals surface area (Å²) in [7, 11) is 0.